The molecule has 0 radical (unpaired) electrons. The van der Waals surface area contributed by atoms with E-state index in [0.29, 0.717) is 0 Å². The van der Waals surface area contributed by atoms with Gasteiger partial charge in [0.25, 0.3) is 0 Å². The van der Waals surface area contributed by atoms with Crippen molar-refractivity contribution in [1.82, 2.24) is 4.57 Å². The van der Waals surface area contributed by atoms with Gasteiger partial charge < -0.3 is 14.0 Å². The molecule has 0 spiro atoms. The zero-order valence-electron chi connectivity index (χ0n) is 9.80. The first-order valence-electron chi connectivity index (χ1n) is 5.26. The summed E-state index contributed by atoms with van der Waals surface area (Å²) < 4.78 is 11.7. The van der Waals surface area contributed by atoms with Crippen molar-refractivity contribution in [2.24, 2.45) is 0 Å². The van der Waals surface area contributed by atoms with Gasteiger partial charge in [0, 0.05) is 26.4 Å². The molecule has 5 nitrogen and oxygen atoms in total. The Bertz CT molecular complexity index is 283. The maximum absolute atomic E-state index is 11.6. The lowest BCUT2D eigenvalue weighted by Gasteiger charge is -2.29. The molecular weight excluding hydrogens is 226 g/mol. The molecule has 90 valence electrons. The zero-order valence-corrected chi connectivity index (χ0v) is 11.0. The van der Waals surface area contributed by atoms with Crippen molar-refractivity contribution in [3.05, 3.63) is 12.2 Å². The standard InChI is InChI=1S/C10H17NO4Si/c1-4-7-16(10(14-2)15-3)11-8(12)5-6-9(11)13/h5-6,10,16H,4,7H2,1-3H3. The van der Waals surface area contributed by atoms with Crippen LogP contribution in [0.2, 0.25) is 6.04 Å². The number of methoxy groups -OCH3 is 2. The lowest BCUT2D eigenvalue weighted by atomic mass is 10.6. The number of rotatable bonds is 6. The first-order chi connectivity index (χ1) is 7.65. The normalized spacial score (nSPS) is 17.6. The number of imide groups is 1. The Hall–Kier alpha value is -0.983. The van der Waals surface area contributed by atoms with Crippen LogP contribution in [-0.2, 0) is 19.1 Å². The molecule has 0 saturated heterocycles. The summed E-state index contributed by atoms with van der Waals surface area (Å²) in [6.45, 7) is 2.01. The Morgan fingerprint density at radius 3 is 2.12 bits per heavy atom. The van der Waals surface area contributed by atoms with Gasteiger partial charge in [-0.25, -0.2) is 0 Å². The lowest BCUT2D eigenvalue weighted by Crippen LogP contribution is -2.52. The first kappa shape index (κ1) is 13.1. The number of nitrogens with zero attached hydrogens (tertiary/aromatic N) is 1. The van der Waals surface area contributed by atoms with Gasteiger partial charge in [-0.15, -0.1) is 0 Å². The van der Waals surface area contributed by atoms with Crippen LogP contribution in [-0.4, -0.2) is 45.5 Å². The van der Waals surface area contributed by atoms with Crippen LogP contribution in [0, 0.1) is 0 Å². The van der Waals surface area contributed by atoms with E-state index in [1.54, 1.807) is 0 Å². The van der Waals surface area contributed by atoms with Gasteiger partial charge in [0.1, 0.15) is 0 Å². The molecule has 16 heavy (non-hydrogen) atoms. The van der Waals surface area contributed by atoms with Crippen LogP contribution < -0.4 is 0 Å². The second-order valence-corrected chi connectivity index (χ2v) is 6.35. The molecule has 0 N–H and O–H groups in total. The highest BCUT2D eigenvalue weighted by atomic mass is 28.3. The van der Waals surface area contributed by atoms with E-state index in [9.17, 15) is 9.59 Å². The highest BCUT2D eigenvalue weighted by molar-refractivity contribution is 6.64. The van der Waals surface area contributed by atoms with Crippen molar-refractivity contribution in [2.45, 2.75) is 25.3 Å². The average Bonchev–Trinajstić information content (AvgIpc) is 2.59. The summed E-state index contributed by atoms with van der Waals surface area (Å²) in [6, 6.07) is 0.797. The van der Waals surface area contributed by atoms with Gasteiger partial charge in [-0.3, -0.25) is 9.59 Å². The van der Waals surface area contributed by atoms with Gasteiger partial charge in [-0.1, -0.05) is 13.3 Å². The molecule has 0 bridgehead atoms. The van der Waals surface area contributed by atoms with Crippen LogP contribution >= 0.6 is 0 Å². The molecule has 0 aromatic rings. The summed E-state index contributed by atoms with van der Waals surface area (Å²) in [5, 5.41) is 0. The number of hydrogen-bond acceptors (Lipinski definition) is 4. The van der Waals surface area contributed by atoms with E-state index in [-0.39, 0.29) is 11.8 Å². The van der Waals surface area contributed by atoms with Crippen molar-refractivity contribution in [3.8, 4) is 0 Å². The summed E-state index contributed by atoms with van der Waals surface area (Å²) in [6.07, 6.45) is 3.51. The monoisotopic (exact) mass is 243 g/mol. The van der Waals surface area contributed by atoms with Gasteiger partial charge in [0.15, 0.2) is 5.91 Å². The maximum Gasteiger partial charge on any atom is 0.245 e. The van der Waals surface area contributed by atoms with Gasteiger partial charge in [-0.2, -0.15) is 0 Å². The van der Waals surface area contributed by atoms with Crippen LogP contribution in [0.15, 0.2) is 12.2 Å². The predicted octanol–water partition coefficient (Wildman–Crippen LogP) is 0.203. The number of amides is 2. The summed E-state index contributed by atoms with van der Waals surface area (Å²) in [7, 11) is 1.17. The van der Waals surface area contributed by atoms with Gasteiger partial charge in [0.2, 0.25) is 20.8 Å². The van der Waals surface area contributed by atoms with Crippen molar-refractivity contribution in [1.29, 1.82) is 0 Å². The summed E-state index contributed by atoms with van der Waals surface area (Å²) in [5.41, 5.74) is 0. The minimum atomic E-state index is -1.89. The summed E-state index contributed by atoms with van der Waals surface area (Å²) >= 11 is 0. The Morgan fingerprint density at radius 1 is 1.25 bits per heavy atom. The number of ether oxygens (including phenoxy) is 2. The third-order valence-corrected chi connectivity index (χ3v) is 6.05. The molecule has 0 fully saturated rings. The van der Waals surface area contributed by atoms with Gasteiger partial charge in [0.05, 0.1) is 0 Å². The van der Waals surface area contributed by atoms with Crippen molar-refractivity contribution < 1.29 is 19.1 Å². The fourth-order valence-corrected chi connectivity index (χ4v) is 4.65. The van der Waals surface area contributed by atoms with Crippen LogP contribution in [0.1, 0.15) is 13.3 Å². The molecule has 1 rings (SSSR count). The molecule has 0 aromatic heterocycles. The van der Waals surface area contributed by atoms with E-state index in [1.807, 2.05) is 6.92 Å². The van der Waals surface area contributed by atoms with Crippen LogP contribution in [0.5, 0.6) is 0 Å². The lowest BCUT2D eigenvalue weighted by molar-refractivity contribution is -0.133. The molecule has 0 saturated carbocycles. The topological polar surface area (TPSA) is 55.8 Å². The highest BCUT2D eigenvalue weighted by Gasteiger charge is 2.37. The molecular formula is C10H17NO4Si. The molecule has 0 aromatic carbocycles. The van der Waals surface area contributed by atoms with E-state index in [2.05, 4.69) is 0 Å². The number of carbonyl (C=O) groups is 2. The Kier molecular flexibility index (Phi) is 4.85. The van der Waals surface area contributed by atoms with E-state index in [4.69, 9.17) is 9.47 Å². The Labute approximate surface area is 96.7 Å². The largest absolute Gasteiger partial charge is 0.358 e. The summed E-state index contributed by atoms with van der Waals surface area (Å²) in [4.78, 5) is 23.2. The second kappa shape index (κ2) is 5.93. The third-order valence-electron chi connectivity index (χ3n) is 2.54. The maximum atomic E-state index is 11.6. The third kappa shape index (κ3) is 2.58. The van der Waals surface area contributed by atoms with Crippen LogP contribution in [0.4, 0.5) is 0 Å². The number of hydrogen-bond donors (Lipinski definition) is 0. The number of carbonyl (C=O) groups excluding carboxylic acids is 2. The van der Waals surface area contributed by atoms with Crippen molar-refractivity contribution >= 4 is 20.8 Å². The van der Waals surface area contributed by atoms with Gasteiger partial charge in [-0.05, 0) is 6.04 Å². The Morgan fingerprint density at radius 2 is 1.75 bits per heavy atom. The summed E-state index contributed by atoms with van der Waals surface area (Å²) in [5.74, 6) is -0.920. The highest BCUT2D eigenvalue weighted by Crippen LogP contribution is 2.16. The first-order valence-corrected chi connectivity index (χ1v) is 7.26. The van der Waals surface area contributed by atoms with E-state index in [0.717, 1.165) is 12.5 Å². The van der Waals surface area contributed by atoms with Crippen molar-refractivity contribution in [3.63, 3.8) is 0 Å². The molecule has 1 heterocycles. The van der Waals surface area contributed by atoms with Crippen molar-refractivity contribution in [2.75, 3.05) is 14.2 Å². The second-order valence-electron chi connectivity index (χ2n) is 3.58. The minimum Gasteiger partial charge on any atom is -0.358 e. The molecule has 1 unspecified atom stereocenters. The minimum absolute atomic E-state index is 0.241. The predicted molar refractivity (Wildman–Crippen MR) is 61.0 cm³/mol. The quantitative estimate of drug-likeness (QED) is 0.380. The smallest absolute Gasteiger partial charge is 0.245 e. The fraction of sp³-hybridized carbons (Fsp3) is 0.600. The van der Waals surface area contributed by atoms with Crippen LogP contribution in [0.3, 0.4) is 0 Å². The molecule has 6 heteroatoms. The zero-order chi connectivity index (χ0) is 12.1. The van der Waals surface area contributed by atoms with E-state index >= 15 is 0 Å². The van der Waals surface area contributed by atoms with Gasteiger partial charge >= 0.3 is 0 Å². The molecule has 0 aliphatic carbocycles. The average molecular weight is 243 g/mol. The van der Waals surface area contributed by atoms with E-state index in [1.165, 1.54) is 30.9 Å². The molecule has 1 atom stereocenters. The molecule has 2 amide bonds. The molecule has 1 aliphatic heterocycles. The van der Waals surface area contributed by atoms with Crippen LogP contribution in [0.25, 0.3) is 0 Å². The fourth-order valence-electron chi connectivity index (χ4n) is 1.83. The molecule has 1 aliphatic rings. The Balaban J connectivity index is 2.84. The van der Waals surface area contributed by atoms with E-state index < -0.39 is 14.9 Å². The SMILES string of the molecule is CCC[SiH](C(OC)OC)N1C(=O)C=CC1=O.